The Kier molecular flexibility index (Phi) is 3.50. The molecule has 0 saturated carbocycles. The van der Waals surface area contributed by atoms with E-state index in [1.165, 1.54) is 0 Å². The number of nitrogens with zero attached hydrogens (tertiary/aromatic N) is 3. The highest BCUT2D eigenvalue weighted by Gasteiger charge is 2.09. The van der Waals surface area contributed by atoms with Crippen molar-refractivity contribution in [2.75, 3.05) is 5.32 Å². The van der Waals surface area contributed by atoms with Gasteiger partial charge in [0.05, 0.1) is 17.4 Å². The molecule has 5 heteroatoms. The topological polar surface area (TPSA) is 51.9 Å². The molecule has 18 heavy (non-hydrogen) atoms. The fourth-order valence-corrected chi connectivity index (χ4v) is 2.00. The number of aryl methyl sites for hydroxylation is 2. The van der Waals surface area contributed by atoms with Gasteiger partial charge in [0, 0.05) is 32.1 Å². The van der Waals surface area contributed by atoms with Crippen LogP contribution in [0.3, 0.4) is 0 Å². The van der Waals surface area contributed by atoms with Crippen LogP contribution in [-0.2, 0) is 13.6 Å². The second kappa shape index (κ2) is 5.08. The Labute approximate surface area is 106 Å². The minimum absolute atomic E-state index is 0.0243. The van der Waals surface area contributed by atoms with Crippen LogP contribution in [0, 0.1) is 0 Å². The average molecular weight is 246 g/mol. The Balaban J connectivity index is 2.19. The summed E-state index contributed by atoms with van der Waals surface area (Å²) in [4.78, 5) is 11.5. The van der Waals surface area contributed by atoms with Crippen LogP contribution in [0.2, 0.25) is 0 Å². The van der Waals surface area contributed by atoms with Crippen molar-refractivity contribution in [2.45, 2.75) is 26.4 Å². The zero-order chi connectivity index (χ0) is 13.1. The molecular weight excluding hydrogens is 228 g/mol. The molecule has 2 heterocycles. The number of aromatic nitrogens is 3. The first-order chi connectivity index (χ1) is 8.61. The van der Waals surface area contributed by atoms with Gasteiger partial charge in [0.25, 0.3) is 5.56 Å². The second-order valence-corrected chi connectivity index (χ2v) is 4.29. The molecule has 1 atom stereocenters. The summed E-state index contributed by atoms with van der Waals surface area (Å²) in [5.41, 5.74) is 2.06. The number of hydrogen-bond donors (Lipinski definition) is 1. The van der Waals surface area contributed by atoms with E-state index in [0.717, 1.165) is 11.4 Å². The van der Waals surface area contributed by atoms with Gasteiger partial charge < -0.3 is 9.88 Å². The van der Waals surface area contributed by atoms with Crippen LogP contribution < -0.4 is 10.9 Å². The van der Waals surface area contributed by atoms with Crippen molar-refractivity contribution in [3.05, 3.63) is 46.6 Å². The van der Waals surface area contributed by atoms with Gasteiger partial charge in [0.1, 0.15) is 0 Å². The van der Waals surface area contributed by atoms with E-state index in [-0.39, 0.29) is 11.6 Å². The molecule has 2 aromatic heterocycles. The standard InChI is InChI=1S/C13H18N4O/c1-4-17-9-11(5-6-13(17)18)15-10(2)12-7-8-14-16(12)3/h5-10,15H,4H2,1-3H3. The third-order valence-electron chi connectivity index (χ3n) is 3.01. The van der Waals surface area contributed by atoms with Crippen molar-refractivity contribution < 1.29 is 0 Å². The smallest absolute Gasteiger partial charge is 0.250 e. The van der Waals surface area contributed by atoms with Crippen LogP contribution >= 0.6 is 0 Å². The van der Waals surface area contributed by atoms with Crippen molar-refractivity contribution >= 4 is 5.69 Å². The molecule has 0 aliphatic carbocycles. The summed E-state index contributed by atoms with van der Waals surface area (Å²) < 4.78 is 3.52. The molecule has 2 aromatic rings. The molecule has 0 saturated heterocycles. The molecule has 96 valence electrons. The van der Waals surface area contributed by atoms with Gasteiger partial charge >= 0.3 is 0 Å². The lowest BCUT2D eigenvalue weighted by Gasteiger charge is -2.16. The number of anilines is 1. The Hall–Kier alpha value is -2.04. The summed E-state index contributed by atoms with van der Waals surface area (Å²) in [6.45, 7) is 4.70. The van der Waals surface area contributed by atoms with Gasteiger partial charge in [-0.15, -0.1) is 0 Å². The Morgan fingerprint density at radius 2 is 2.17 bits per heavy atom. The molecule has 0 fully saturated rings. The van der Waals surface area contributed by atoms with Gasteiger partial charge in [-0.1, -0.05) is 0 Å². The minimum Gasteiger partial charge on any atom is -0.376 e. The first kappa shape index (κ1) is 12.4. The van der Waals surface area contributed by atoms with E-state index in [1.54, 1.807) is 22.9 Å². The molecule has 0 aromatic carbocycles. The van der Waals surface area contributed by atoms with Crippen molar-refractivity contribution in [3.8, 4) is 0 Å². The highest BCUT2D eigenvalue weighted by Crippen LogP contribution is 2.17. The lowest BCUT2D eigenvalue weighted by Crippen LogP contribution is -2.19. The molecular formula is C13H18N4O. The van der Waals surface area contributed by atoms with E-state index < -0.39 is 0 Å². The molecule has 0 bridgehead atoms. The van der Waals surface area contributed by atoms with E-state index in [4.69, 9.17) is 0 Å². The third kappa shape index (κ3) is 2.45. The van der Waals surface area contributed by atoms with Crippen LogP contribution in [0.25, 0.3) is 0 Å². The Morgan fingerprint density at radius 3 is 2.78 bits per heavy atom. The predicted octanol–water partition coefficient (Wildman–Crippen LogP) is 1.77. The molecule has 0 aliphatic rings. The third-order valence-corrected chi connectivity index (χ3v) is 3.01. The first-order valence-corrected chi connectivity index (χ1v) is 6.06. The Morgan fingerprint density at radius 1 is 1.39 bits per heavy atom. The normalized spacial score (nSPS) is 12.4. The van der Waals surface area contributed by atoms with Gasteiger partial charge in [0.15, 0.2) is 0 Å². The average Bonchev–Trinajstić information content (AvgIpc) is 2.78. The first-order valence-electron chi connectivity index (χ1n) is 6.06. The van der Waals surface area contributed by atoms with Crippen molar-refractivity contribution in [3.63, 3.8) is 0 Å². The van der Waals surface area contributed by atoms with Crippen molar-refractivity contribution in [2.24, 2.45) is 7.05 Å². The van der Waals surface area contributed by atoms with E-state index in [9.17, 15) is 4.79 Å². The van der Waals surface area contributed by atoms with E-state index in [0.29, 0.717) is 6.54 Å². The number of pyridine rings is 1. The quantitative estimate of drug-likeness (QED) is 0.894. The van der Waals surface area contributed by atoms with Crippen LogP contribution in [0.15, 0.2) is 35.4 Å². The van der Waals surface area contributed by atoms with Gasteiger partial charge in [0.2, 0.25) is 0 Å². The molecule has 1 unspecified atom stereocenters. The molecule has 5 nitrogen and oxygen atoms in total. The van der Waals surface area contributed by atoms with E-state index >= 15 is 0 Å². The highest BCUT2D eigenvalue weighted by molar-refractivity contribution is 5.42. The summed E-state index contributed by atoms with van der Waals surface area (Å²) in [6, 6.07) is 5.51. The largest absolute Gasteiger partial charge is 0.376 e. The lowest BCUT2D eigenvalue weighted by molar-refractivity contribution is 0.673. The van der Waals surface area contributed by atoms with E-state index in [1.807, 2.05) is 30.9 Å². The molecule has 2 rings (SSSR count). The number of nitrogens with one attached hydrogen (secondary N) is 1. The zero-order valence-corrected chi connectivity index (χ0v) is 10.9. The molecule has 0 amide bonds. The predicted molar refractivity (Wildman–Crippen MR) is 71.6 cm³/mol. The summed E-state index contributed by atoms with van der Waals surface area (Å²) in [5.74, 6) is 0. The maximum absolute atomic E-state index is 11.5. The van der Waals surface area contributed by atoms with Gasteiger partial charge in [-0.25, -0.2) is 0 Å². The number of hydrogen-bond acceptors (Lipinski definition) is 3. The summed E-state index contributed by atoms with van der Waals surface area (Å²) in [7, 11) is 1.92. The fourth-order valence-electron chi connectivity index (χ4n) is 2.00. The highest BCUT2D eigenvalue weighted by atomic mass is 16.1. The molecule has 1 N–H and O–H groups in total. The molecule has 0 radical (unpaired) electrons. The van der Waals surface area contributed by atoms with Crippen molar-refractivity contribution in [1.82, 2.24) is 14.3 Å². The SMILES string of the molecule is CCn1cc(NC(C)c2ccnn2C)ccc1=O. The summed E-state index contributed by atoms with van der Waals surface area (Å²) in [5, 5.41) is 7.52. The Bertz CT molecular complexity index is 585. The minimum atomic E-state index is 0.0243. The van der Waals surface area contributed by atoms with Gasteiger partial charge in [-0.3, -0.25) is 9.48 Å². The van der Waals surface area contributed by atoms with Gasteiger partial charge in [-0.2, -0.15) is 5.10 Å². The maximum atomic E-state index is 11.5. The number of rotatable bonds is 4. The van der Waals surface area contributed by atoms with E-state index in [2.05, 4.69) is 17.3 Å². The molecule has 0 aliphatic heterocycles. The zero-order valence-electron chi connectivity index (χ0n) is 10.9. The lowest BCUT2D eigenvalue weighted by atomic mass is 10.2. The van der Waals surface area contributed by atoms with Crippen LogP contribution in [-0.4, -0.2) is 14.3 Å². The fraction of sp³-hybridized carbons (Fsp3) is 0.385. The molecule has 0 spiro atoms. The monoisotopic (exact) mass is 246 g/mol. The summed E-state index contributed by atoms with van der Waals surface area (Å²) >= 11 is 0. The van der Waals surface area contributed by atoms with Crippen LogP contribution in [0.4, 0.5) is 5.69 Å². The maximum Gasteiger partial charge on any atom is 0.250 e. The van der Waals surface area contributed by atoms with Crippen LogP contribution in [0.1, 0.15) is 25.6 Å². The summed E-state index contributed by atoms with van der Waals surface area (Å²) in [6.07, 6.45) is 3.62. The second-order valence-electron chi connectivity index (χ2n) is 4.29. The van der Waals surface area contributed by atoms with Crippen LogP contribution in [0.5, 0.6) is 0 Å². The van der Waals surface area contributed by atoms with Crippen molar-refractivity contribution in [1.29, 1.82) is 0 Å². The van der Waals surface area contributed by atoms with Gasteiger partial charge in [-0.05, 0) is 26.0 Å².